The maximum Gasteiger partial charge on any atom is 0.353 e. The molecule has 0 radical (unpaired) electrons. The Labute approximate surface area is 167 Å². The van der Waals surface area contributed by atoms with Crippen molar-refractivity contribution in [2.75, 3.05) is 25.4 Å². The summed E-state index contributed by atoms with van der Waals surface area (Å²) in [4.78, 5) is 26.5. The van der Waals surface area contributed by atoms with E-state index >= 15 is 0 Å². The fraction of sp³-hybridized carbons (Fsp3) is 0.778. The number of hydrogen-bond donors (Lipinski definition) is 4. The van der Waals surface area contributed by atoms with Crippen LogP contribution in [0.2, 0.25) is 0 Å². The Kier molecular flexibility index (Phi) is 5.50. The van der Waals surface area contributed by atoms with E-state index in [9.17, 15) is 19.8 Å². The molecule has 0 aromatic carbocycles. The van der Waals surface area contributed by atoms with Crippen LogP contribution in [0.5, 0.6) is 0 Å². The van der Waals surface area contributed by atoms with E-state index in [0.29, 0.717) is 16.5 Å². The third-order valence-corrected chi connectivity index (χ3v) is 9.01. The normalized spacial score (nSPS) is 40.1. The lowest BCUT2D eigenvalue weighted by molar-refractivity contribution is -0.163. The van der Waals surface area contributed by atoms with Gasteiger partial charge in [0.25, 0.3) is 0 Å². The number of aliphatic hydroxyl groups is 1. The second kappa shape index (κ2) is 7.59. The molecule has 4 heterocycles. The van der Waals surface area contributed by atoms with Gasteiger partial charge in [-0.2, -0.15) is 11.8 Å². The van der Waals surface area contributed by atoms with Crippen molar-refractivity contribution in [2.24, 2.45) is 11.8 Å². The van der Waals surface area contributed by atoms with Gasteiger partial charge in [-0.15, -0.1) is 11.8 Å². The molecule has 4 aliphatic heterocycles. The van der Waals surface area contributed by atoms with Crippen molar-refractivity contribution in [1.29, 1.82) is 0 Å². The molecule has 150 valence electrons. The third kappa shape index (κ3) is 3.31. The first-order valence-electron chi connectivity index (χ1n) is 9.61. The van der Waals surface area contributed by atoms with Gasteiger partial charge in [-0.1, -0.05) is 6.92 Å². The first kappa shape index (κ1) is 19.6. The van der Waals surface area contributed by atoms with E-state index in [1.54, 1.807) is 18.7 Å². The molecular formula is C18H27N3O4S2. The molecule has 0 aromatic rings. The van der Waals surface area contributed by atoms with E-state index in [-0.39, 0.29) is 23.6 Å². The van der Waals surface area contributed by atoms with Gasteiger partial charge in [-0.05, 0) is 13.3 Å². The number of rotatable bonds is 5. The standard InChI is InChI=1S/C18H27N3O4S2/c1-8-14-13(9(2)22)17(23)21(14)15(18(24)25)16(8)27-10-5-11(20-6-10)12-7-19-3-4-26-12/h8-14,19-20,22H,3-7H2,1-2H3,(H,24,25)/t8-,9-,10+,11+,12?,13-,14-/m1/s1. The fourth-order valence-corrected chi connectivity index (χ4v) is 7.54. The Balaban J connectivity index is 1.48. The molecule has 0 spiro atoms. The maximum atomic E-state index is 12.4. The van der Waals surface area contributed by atoms with Crippen molar-refractivity contribution >= 4 is 35.4 Å². The van der Waals surface area contributed by atoms with Gasteiger partial charge in [0.05, 0.1) is 18.1 Å². The lowest BCUT2D eigenvalue weighted by atomic mass is 9.79. The zero-order valence-electron chi connectivity index (χ0n) is 15.6. The first-order valence-corrected chi connectivity index (χ1v) is 11.5. The highest BCUT2D eigenvalue weighted by Gasteiger charge is 2.60. The van der Waals surface area contributed by atoms with E-state index in [2.05, 4.69) is 10.6 Å². The van der Waals surface area contributed by atoms with Crippen LogP contribution in [0.3, 0.4) is 0 Å². The van der Waals surface area contributed by atoms with Gasteiger partial charge in [0.1, 0.15) is 5.70 Å². The first-order chi connectivity index (χ1) is 12.9. The number of carbonyl (C=O) groups excluding carboxylic acids is 1. The van der Waals surface area contributed by atoms with Gasteiger partial charge >= 0.3 is 5.97 Å². The SMILES string of the molecule is C[C@@H](O)[C@H]1C(=O)N2C(C(=O)O)=C(S[C@@H]3CN[C@H](C4CNCCS4)C3)[C@H](C)[C@H]12. The summed E-state index contributed by atoms with van der Waals surface area (Å²) in [6, 6.07) is 0.212. The number of aliphatic hydroxyl groups excluding tert-OH is 1. The van der Waals surface area contributed by atoms with Crippen molar-refractivity contribution in [3.63, 3.8) is 0 Å². The molecule has 4 aliphatic rings. The minimum absolute atomic E-state index is 0.0526. The number of carboxylic acid groups (broad SMARTS) is 1. The van der Waals surface area contributed by atoms with Crippen LogP contribution < -0.4 is 10.6 Å². The van der Waals surface area contributed by atoms with Crippen LogP contribution >= 0.6 is 23.5 Å². The molecule has 7 nitrogen and oxygen atoms in total. The van der Waals surface area contributed by atoms with E-state index in [1.165, 1.54) is 4.90 Å². The van der Waals surface area contributed by atoms with Crippen LogP contribution in [0.1, 0.15) is 20.3 Å². The van der Waals surface area contributed by atoms with Crippen LogP contribution in [0.25, 0.3) is 0 Å². The molecule has 7 atom stereocenters. The van der Waals surface area contributed by atoms with Crippen LogP contribution in [0, 0.1) is 11.8 Å². The Morgan fingerprint density at radius 1 is 1.41 bits per heavy atom. The van der Waals surface area contributed by atoms with Crippen molar-refractivity contribution in [3.05, 3.63) is 10.6 Å². The summed E-state index contributed by atoms with van der Waals surface area (Å²) < 4.78 is 0. The Morgan fingerprint density at radius 3 is 2.81 bits per heavy atom. The van der Waals surface area contributed by atoms with Crippen LogP contribution in [-0.4, -0.2) is 81.1 Å². The van der Waals surface area contributed by atoms with E-state index in [1.807, 2.05) is 18.7 Å². The molecule has 3 saturated heterocycles. The number of fused-ring (bicyclic) bond motifs is 1. The van der Waals surface area contributed by atoms with Crippen molar-refractivity contribution < 1.29 is 19.8 Å². The number of hydrogen-bond acceptors (Lipinski definition) is 7. The zero-order valence-corrected chi connectivity index (χ0v) is 17.2. The number of thioether (sulfide) groups is 2. The van der Waals surface area contributed by atoms with Gasteiger partial charge in [0.15, 0.2) is 0 Å². The molecule has 0 aliphatic carbocycles. The van der Waals surface area contributed by atoms with Crippen molar-refractivity contribution in [3.8, 4) is 0 Å². The highest BCUT2D eigenvalue weighted by atomic mass is 32.2. The summed E-state index contributed by atoms with van der Waals surface area (Å²) in [6.45, 7) is 6.53. The number of nitrogens with zero attached hydrogens (tertiary/aromatic N) is 1. The summed E-state index contributed by atoms with van der Waals surface area (Å²) in [5.74, 6) is -0.721. The topological polar surface area (TPSA) is 102 Å². The Morgan fingerprint density at radius 2 is 2.19 bits per heavy atom. The smallest absolute Gasteiger partial charge is 0.353 e. The molecule has 1 amide bonds. The molecule has 1 unspecified atom stereocenters. The number of carboxylic acids is 1. The zero-order chi connectivity index (χ0) is 19.3. The van der Waals surface area contributed by atoms with Gasteiger partial charge < -0.3 is 25.7 Å². The van der Waals surface area contributed by atoms with Gasteiger partial charge in [0.2, 0.25) is 5.91 Å². The quantitative estimate of drug-likeness (QED) is 0.478. The van der Waals surface area contributed by atoms with Crippen molar-refractivity contribution in [2.45, 2.75) is 49.0 Å². The van der Waals surface area contributed by atoms with E-state index in [4.69, 9.17) is 0 Å². The highest BCUT2D eigenvalue weighted by Crippen LogP contribution is 2.52. The predicted octanol–water partition coefficient (Wildman–Crippen LogP) is 0.309. The molecule has 9 heteroatoms. The van der Waals surface area contributed by atoms with E-state index < -0.39 is 18.0 Å². The summed E-state index contributed by atoms with van der Waals surface area (Å²) in [5, 5.41) is 27.6. The van der Waals surface area contributed by atoms with Crippen molar-refractivity contribution in [1.82, 2.24) is 15.5 Å². The Hall–Kier alpha value is -0.740. The second-order valence-electron chi connectivity index (χ2n) is 7.88. The van der Waals surface area contributed by atoms with Crippen LogP contribution in [0.4, 0.5) is 0 Å². The molecule has 0 aromatic heterocycles. The molecule has 4 N–H and O–H groups in total. The average Bonchev–Trinajstić information content (AvgIpc) is 3.18. The summed E-state index contributed by atoms with van der Waals surface area (Å²) >= 11 is 3.63. The third-order valence-electron chi connectivity index (χ3n) is 6.13. The van der Waals surface area contributed by atoms with Crippen LogP contribution in [-0.2, 0) is 9.59 Å². The maximum absolute atomic E-state index is 12.4. The van der Waals surface area contributed by atoms with Crippen LogP contribution in [0.15, 0.2) is 10.6 Å². The monoisotopic (exact) mass is 413 g/mol. The average molecular weight is 414 g/mol. The lowest BCUT2D eigenvalue weighted by Crippen LogP contribution is -2.63. The molecule has 3 fully saturated rings. The summed E-state index contributed by atoms with van der Waals surface area (Å²) in [7, 11) is 0. The molecule has 4 rings (SSSR count). The molecule has 0 bridgehead atoms. The van der Waals surface area contributed by atoms with Gasteiger partial charge in [-0.3, -0.25) is 4.79 Å². The number of β-lactam (4-membered cyclic amide) rings is 1. The largest absolute Gasteiger partial charge is 0.477 e. The number of amides is 1. The molecular weight excluding hydrogens is 386 g/mol. The lowest BCUT2D eigenvalue weighted by Gasteiger charge is -2.46. The number of aliphatic carboxylic acids is 1. The summed E-state index contributed by atoms with van der Waals surface area (Å²) in [5.41, 5.74) is 0.136. The summed E-state index contributed by atoms with van der Waals surface area (Å²) in [6.07, 6.45) is 0.250. The Bertz CT molecular complexity index is 665. The highest BCUT2D eigenvalue weighted by molar-refractivity contribution is 8.03. The molecule has 0 saturated carbocycles. The number of nitrogens with one attached hydrogen (secondary N) is 2. The van der Waals surface area contributed by atoms with Gasteiger partial charge in [-0.25, -0.2) is 4.79 Å². The van der Waals surface area contributed by atoms with E-state index in [0.717, 1.165) is 36.7 Å². The predicted molar refractivity (Wildman–Crippen MR) is 107 cm³/mol. The van der Waals surface area contributed by atoms with Gasteiger partial charge in [0, 0.05) is 52.8 Å². The second-order valence-corrected chi connectivity index (χ2v) is 10.6. The minimum Gasteiger partial charge on any atom is -0.477 e. The molecule has 27 heavy (non-hydrogen) atoms. The fourth-order valence-electron chi connectivity index (χ4n) is 4.81. The number of carbonyl (C=O) groups is 2. The minimum atomic E-state index is -1.04.